The van der Waals surface area contributed by atoms with Crippen LogP contribution in [0.1, 0.15) is 44.7 Å². The van der Waals surface area contributed by atoms with Crippen molar-refractivity contribution in [1.29, 1.82) is 0 Å². The van der Waals surface area contributed by atoms with Crippen molar-refractivity contribution in [3.8, 4) is 22.5 Å². The van der Waals surface area contributed by atoms with Crippen LogP contribution in [0.25, 0.3) is 44.5 Å². The minimum absolute atomic E-state index is 0. The molecule has 6 aromatic rings. The summed E-state index contributed by atoms with van der Waals surface area (Å²) in [6.45, 7) is 16.1. The van der Waals surface area contributed by atoms with Gasteiger partial charge in [-0.15, -0.1) is 35.9 Å². The maximum atomic E-state index is 6.03. The Bertz CT molecular complexity index is 1810. The van der Waals surface area contributed by atoms with Crippen molar-refractivity contribution in [1.82, 2.24) is 15.0 Å². The van der Waals surface area contributed by atoms with Gasteiger partial charge >= 0.3 is 0 Å². The van der Waals surface area contributed by atoms with Crippen LogP contribution in [0, 0.1) is 18.2 Å². The van der Waals surface area contributed by atoms with Gasteiger partial charge in [0.15, 0.2) is 0 Å². The van der Waals surface area contributed by atoms with E-state index in [0.717, 1.165) is 50.9 Å². The van der Waals surface area contributed by atoms with Crippen LogP contribution < -0.4 is 5.19 Å². The molecule has 0 N–H and O–H groups in total. The van der Waals surface area contributed by atoms with Crippen LogP contribution in [-0.2, 0) is 26.5 Å². The number of furan rings is 1. The molecule has 0 atom stereocenters. The zero-order valence-electron chi connectivity index (χ0n) is 26.0. The van der Waals surface area contributed by atoms with E-state index in [4.69, 9.17) is 4.42 Å². The Labute approximate surface area is 270 Å². The van der Waals surface area contributed by atoms with Crippen molar-refractivity contribution in [3.63, 3.8) is 0 Å². The van der Waals surface area contributed by atoms with Crippen LogP contribution in [0.5, 0.6) is 0 Å². The summed E-state index contributed by atoms with van der Waals surface area (Å²) >= 11 is 0. The van der Waals surface area contributed by atoms with Crippen LogP contribution in [0.15, 0.2) is 89.7 Å². The molecule has 0 bridgehead atoms. The van der Waals surface area contributed by atoms with Gasteiger partial charge in [0, 0.05) is 37.9 Å². The van der Waals surface area contributed by atoms with E-state index in [0.29, 0.717) is 11.8 Å². The maximum Gasteiger partial charge on any atom is 0.121 e. The normalized spacial score (nSPS) is 11.5. The number of para-hydroxylation sites is 1. The summed E-state index contributed by atoms with van der Waals surface area (Å²) in [5.74, 6) is 1.12. The van der Waals surface area contributed by atoms with E-state index in [1.807, 2.05) is 54.7 Å². The van der Waals surface area contributed by atoms with Crippen LogP contribution in [0.4, 0.5) is 0 Å². The predicted molar refractivity (Wildman–Crippen MR) is 178 cm³/mol. The van der Waals surface area contributed by atoms with Crippen molar-refractivity contribution < 1.29 is 24.5 Å². The molecule has 223 valence electrons. The maximum absolute atomic E-state index is 6.03. The topological polar surface area (TPSA) is 51.8 Å². The summed E-state index contributed by atoms with van der Waals surface area (Å²) in [5.41, 5.74) is 8.17. The third-order valence-electron chi connectivity index (χ3n) is 7.35. The summed E-state index contributed by atoms with van der Waals surface area (Å²) in [6.07, 6.45) is 9.92. The van der Waals surface area contributed by atoms with Gasteiger partial charge in [-0.25, -0.2) is 0 Å². The van der Waals surface area contributed by atoms with Gasteiger partial charge in [0.2, 0.25) is 0 Å². The van der Waals surface area contributed by atoms with Crippen LogP contribution in [0.3, 0.4) is 0 Å². The van der Waals surface area contributed by atoms with Gasteiger partial charge in [-0.1, -0.05) is 94.4 Å². The molecule has 0 aliphatic rings. The molecule has 2 aromatic carbocycles. The first-order valence-electron chi connectivity index (χ1n) is 14.7. The molecule has 4 heterocycles. The van der Waals surface area contributed by atoms with E-state index in [-0.39, 0.29) is 20.1 Å². The average Bonchev–Trinajstić information content (AvgIpc) is 3.36. The van der Waals surface area contributed by atoms with E-state index in [1.165, 1.54) is 16.3 Å². The largest absolute Gasteiger partial charge is 0.500 e. The molecule has 0 saturated heterocycles. The number of nitrogens with zero attached hydrogens (tertiary/aromatic N) is 3. The number of pyridine rings is 3. The number of hydrogen-bond acceptors (Lipinski definition) is 4. The fourth-order valence-corrected chi connectivity index (χ4v) is 6.78. The third kappa shape index (κ3) is 7.56. The Morgan fingerprint density at radius 1 is 0.837 bits per heavy atom. The second kappa shape index (κ2) is 13.9. The standard InChI is InChI=1S/C19H15N2O.C18H24NSi.Ir/c1-12(2)13-7-8-21-17(9-13)16-11-20-10-15-14-5-3-4-6-18(14)22-19(15)16;1-14(2)11-16-12-17(15-9-7-6-8-10-15)19-13-18(16)20(3,4)5;/h3-10,12H,1-2H3;6-9,12-14H,11H2,1-5H3;/q2*-1;. The molecular formula is C37H39IrN3OSi-2. The number of benzene rings is 2. The van der Waals surface area contributed by atoms with Crippen LogP contribution >= 0.6 is 0 Å². The van der Waals surface area contributed by atoms with Crippen molar-refractivity contribution in [2.75, 3.05) is 0 Å². The monoisotopic (exact) mass is 762 g/mol. The summed E-state index contributed by atoms with van der Waals surface area (Å²) < 4.78 is 6.03. The molecular weight excluding hydrogens is 723 g/mol. The molecule has 0 unspecified atom stereocenters. The van der Waals surface area contributed by atoms with Crippen LogP contribution in [-0.4, -0.2) is 23.0 Å². The summed E-state index contributed by atoms with van der Waals surface area (Å²) in [7, 11) is -1.34. The van der Waals surface area contributed by atoms with Crippen LogP contribution in [0.2, 0.25) is 19.6 Å². The third-order valence-corrected chi connectivity index (χ3v) is 9.41. The molecule has 6 rings (SSSR count). The Hall–Kier alpha value is -3.44. The second-order valence-electron chi connectivity index (χ2n) is 12.6. The minimum atomic E-state index is -1.34. The van der Waals surface area contributed by atoms with Crippen molar-refractivity contribution in [2.45, 2.75) is 59.7 Å². The smallest absolute Gasteiger partial charge is 0.121 e. The first-order chi connectivity index (χ1) is 20.1. The number of fused-ring (bicyclic) bond motifs is 3. The Balaban J connectivity index is 0.000000194. The van der Waals surface area contributed by atoms with Gasteiger partial charge in [-0.3, -0.25) is 0 Å². The quantitative estimate of drug-likeness (QED) is 0.126. The van der Waals surface area contributed by atoms with Crippen molar-refractivity contribution in [3.05, 3.63) is 109 Å². The summed E-state index contributed by atoms with van der Waals surface area (Å²) in [5, 5.41) is 3.56. The van der Waals surface area contributed by atoms with E-state index in [1.54, 1.807) is 6.20 Å². The van der Waals surface area contributed by atoms with Gasteiger partial charge < -0.3 is 19.4 Å². The Morgan fingerprint density at radius 2 is 1.60 bits per heavy atom. The second-order valence-corrected chi connectivity index (χ2v) is 17.6. The van der Waals surface area contributed by atoms with E-state index in [2.05, 4.69) is 98.9 Å². The number of rotatable bonds is 6. The van der Waals surface area contributed by atoms with Gasteiger partial charge in [0.1, 0.15) is 5.58 Å². The molecule has 0 aliphatic carbocycles. The molecule has 0 spiro atoms. The molecule has 0 saturated carbocycles. The molecule has 4 aromatic heterocycles. The Morgan fingerprint density at radius 3 is 2.30 bits per heavy atom. The first kappa shape index (κ1) is 32.5. The predicted octanol–water partition coefficient (Wildman–Crippen LogP) is 9.26. The SMILES string of the molecule is CC(C)Cc1cc(-c2[c-]cccc2)ncc1[Si](C)(C)C.CC(C)c1ccnc(-c2[c-]ncc3c2oc2ccccc23)c1.[Ir]. The van der Waals surface area contributed by atoms with Gasteiger partial charge in [-0.05, 0) is 64.7 Å². The van der Waals surface area contributed by atoms with Crippen molar-refractivity contribution >= 4 is 35.2 Å². The Kier molecular flexibility index (Phi) is 10.5. The summed E-state index contributed by atoms with van der Waals surface area (Å²) in [6, 6.07) is 25.7. The van der Waals surface area contributed by atoms with Gasteiger partial charge in [0.25, 0.3) is 0 Å². The molecule has 4 nitrogen and oxygen atoms in total. The molecule has 0 aliphatic heterocycles. The first-order valence-corrected chi connectivity index (χ1v) is 18.2. The van der Waals surface area contributed by atoms with Gasteiger partial charge in [-0.2, -0.15) is 0 Å². The van der Waals surface area contributed by atoms with E-state index >= 15 is 0 Å². The number of hydrogen-bond donors (Lipinski definition) is 0. The zero-order chi connectivity index (χ0) is 29.9. The van der Waals surface area contributed by atoms with Crippen molar-refractivity contribution in [2.24, 2.45) is 5.92 Å². The zero-order valence-corrected chi connectivity index (χ0v) is 29.4. The fourth-order valence-electron chi connectivity index (χ4n) is 5.19. The molecule has 6 heteroatoms. The number of aromatic nitrogens is 3. The molecule has 43 heavy (non-hydrogen) atoms. The fraction of sp³-hybridized carbons (Fsp3) is 0.270. The molecule has 0 amide bonds. The average molecular weight is 762 g/mol. The minimum Gasteiger partial charge on any atom is -0.500 e. The van der Waals surface area contributed by atoms with E-state index < -0.39 is 8.07 Å². The molecule has 0 fully saturated rings. The molecule has 1 radical (unpaired) electrons. The van der Waals surface area contributed by atoms with Gasteiger partial charge in [0.05, 0.1) is 13.7 Å². The van der Waals surface area contributed by atoms with E-state index in [9.17, 15) is 0 Å². The summed E-state index contributed by atoms with van der Waals surface area (Å²) in [4.78, 5) is 13.4.